The molecule has 0 amide bonds. The lowest BCUT2D eigenvalue weighted by Gasteiger charge is -2.26. The predicted molar refractivity (Wildman–Crippen MR) is 128 cm³/mol. The lowest BCUT2D eigenvalue weighted by atomic mass is 9.80. The van der Waals surface area contributed by atoms with Gasteiger partial charge in [0.1, 0.15) is 11.6 Å². The maximum absolute atomic E-state index is 4.95. The Hall–Kier alpha value is -3.34. The Labute approximate surface area is 188 Å². The van der Waals surface area contributed by atoms with Gasteiger partial charge in [-0.3, -0.25) is 4.98 Å². The van der Waals surface area contributed by atoms with Crippen LogP contribution in [0.15, 0.2) is 54.7 Å². The Morgan fingerprint density at radius 2 is 1.59 bits per heavy atom. The van der Waals surface area contributed by atoms with E-state index in [-0.39, 0.29) is 0 Å². The summed E-state index contributed by atoms with van der Waals surface area (Å²) in [7, 11) is 0. The van der Waals surface area contributed by atoms with Gasteiger partial charge in [0, 0.05) is 17.8 Å². The number of anilines is 2. The van der Waals surface area contributed by atoms with Crippen molar-refractivity contribution in [3.63, 3.8) is 0 Å². The molecule has 3 heterocycles. The van der Waals surface area contributed by atoms with E-state index in [2.05, 4.69) is 53.6 Å². The van der Waals surface area contributed by atoms with Crippen molar-refractivity contribution >= 4 is 22.5 Å². The molecule has 0 bridgehead atoms. The van der Waals surface area contributed by atoms with Crippen LogP contribution in [0.1, 0.15) is 67.3 Å². The van der Waals surface area contributed by atoms with Gasteiger partial charge in [0.25, 0.3) is 0 Å². The van der Waals surface area contributed by atoms with Crippen LogP contribution < -0.4 is 5.32 Å². The third kappa shape index (κ3) is 3.52. The lowest BCUT2D eigenvalue weighted by Crippen LogP contribution is -2.14. The first kappa shape index (κ1) is 19.4. The Balaban J connectivity index is 1.39. The average Bonchev–Trinajstić information content (AvgIpc) is 2.73. The van der Waals surface area contributed by atoms with Crippen molar-refractivity contribution in [3.8, 4) is 11.4 Å². The molecule has 5 heteroatoms. The summed E-state index contributed by atoms with van der Waals surface area (Å²) in [5, 5.41) is 4.49. The molecule has 2 aliphatic rings. The van der Waals surface area contributed by atoms with Gasteiger partial charge in [-0.25, -0.2) is 15.0 Å². The Morgan fingerprint density at radius 3 is 2.28 bits per heavy atom. The van der Waals surface area contributed by atoms with Gasteiger partial charge in [0.2, 0.25) is 0 Å². The fraction of sp³-hybridized carbons (Fsp3) is 0.333. The molecule has 3 aromatic heterocycles. The third-order valence-electron chi connectivity index (χ3n) is 7.05. The number of aryl methyl sites for hydroxylation is 1. The number of rotatable bonds is 5. The molecule has 0 radical (unpaired) electrons. The minimum absolute atomic E-state index is 0.433. The van der Waals surface area contributed by atoms with Crippen LogP contribution in [0.2, 0.25) is 0 Å². The molecule has 5 nitrogen and oxygen atoms in total. The van der Waals surface area contributed by atoms with Crippen LogP contribution in [-0.4, -0.2) is 19.9 Å². The molecular weight excluding hydrogens is 394 g/mol. The van der Waals surface area contributed by atoms with E-state index in [0.717, 1.165) is 64.1 Å². The standard InChI is InChI=1S/C27H27N5/c1-17-5-4-16-28-24(17)23-15-14-22-26(31-25(20-8-3-9-20)32-27(22)30-23)29-21-12-10-19(11-13-21)18-6-2-7-18/h4-5,10-16,18,20H,2-3,6-9H2,1H3,(H,29,30,31,32). The topological polar surface area (TPSA) is 63.6 Å². The highest BCUT2D eigenvalue weighted by molar-refractivity contribution is 5.90. The predicted octanol–water partition coefficient (Wildman–Crippen LogP) is 6.67. The zero-order valence-electron chi connectivity index (χ0n) is 18.4. The van der Waals surface area contributed by atoms with Crippen LogP contribution >= 0.6 is 0 Å². The minimum atomic E-state index is 0.433. The van der Waals surface area contributed by atoms with Crippen LogP contribution in [0.25, 0.3) is 22.4 Å². The molecule has 1 aromatic carbocycles. The molecule has 32 heavy (non-hydrogen) atoms. The van der Waals surface area contributed by atoms with E-state index >= 15 is 0 Å². The molecule has 0 aliphatic heterocycles. The summed E-state index contributed by atoms with van der Waals surface area (Å²) in [5.41, 5.74) is 6.10. The van der Waals surface area contributed by atoms with E-state index < -0.39 is 0 Å². The SMILES string of the molecule is Cc1cccnc1-c1ccc2c(Nc3ccc(C4CCC4)cc3)nc(C3CCC3)nc2n1. The van der Waals surface area contributed by atoms with Gasteiger partial charge in [-0.05, 0) is 80.0 Å². The van der Waals surface area contributed by atoms with Crippen LogP contribution in [0.5, 0.6) is 0 Å². The maximum Gasteiger partial charge on any atom is 0.165 e. The molecule has 0 spiro atoms. The number of benzene rings is 1. The Kier molecular flexibility index (Phi) is 4.82. The molecule has 0 saturated heterocycles. The molecule has 2 aliphatic carbocycles. The fourth-order valence-corrected chi connectivity index (χ4v) is 4.57. The van der Waals surface area contributed by atoms with Crippen molar-refractivity contribution in [1.82, 2.24) is 19.9 Å². The minimum Gasteiger partial charge on any atom is -0.340 e. The normalized spacial score (nSPS) is 16.5. The molecule has 2 fully saturated rings. The second-order valence-corrected chi connectivity index (χ2v) is 9.17. The van der Waals surface area contributed by atoms with Gasteiger partial charge in [0.05, 0.1) is 16.8 Å². The summed E-state index contributed by atoms with van der Waals surface area (Å²) in [6.45, 7) is 2.06. The number of nitrogens with zero attached hydrogens (tertiary/aromatic N) is 4. The molecular formula is C27H27N5. The number of nitrogens with one attached hydrogen (secondary N) is 1. The molecule has 0 unspecified atom stereocenters. The van der Waals surface area contributed by atoms with Crippen molar-refractivity contribution in [1.29, 1.82) is 0 Å². The van der Waals surface area contributed by atoms with E-state index in [1.54, 1.807) is 0 Å². The monoisotopic (exact) mass is 421 g/mol. The van der Waals surface area contributed by atoms with Gasteiger partial charge in [-0.1, -0.05) is 31.0 Å². The summed E-state index contributed by atoms with van der Waals surface area (Å²) in [4.78, 5) is 19.3. The molecule has 1 N–H and O–H groups in total. The van der Waals surface area contributed by atoms with Gasteiger partial charge in [-0.15, -0.1) is 0 Å². The summed E-state index contributed by atoms with van der Waals surface area (Å²) in [5.74, 6) is 2.92. The van der Waals surface area contributed by atoms with Gasteiger partial charge >= 0.3 is 0 Å². The molecule has 2 saturated carbocycles. The highest BCUT2D eigenvalue weighted by Crippen LogP contribution is 2.38. The first-order valence-electron chi connectivity index (χ1n) is 11.7. The summed E-state index contributed by atoms with van der Waals surface area (Å²) in [6.07, 6.45) is 9.36. The van der Waals surface area contributed by atoms with Crippen LogP contribution in [0, 0.1) is 6.92 Å². The zero-order valence-corrected chi connectivity index (χ0v) is 18.4. The number of hydrogen-bond donors (Lipinski definition) is 1. The van der Waals surface area contributed by atoms with Gasteiger partial charge in [-0.2, -0.15) is 0 Å². The average molecular weight is 422 g/mol. The first-order valence-corrected chi connectivity index (χ1v) is 11.7. The van der Waals surface area contributed by atoms with Gasteiger partial charge in [0.15, 0.2) is 5.65 Å². The van der Waals surface area contributed by atoms with Crippen LogP contribution in [0.3, 0.4) is 0 Å². The van der Waals surface area contributed by atoms with Crippen molar-refractivity contribution in [2.24, 2.45) is 0 Å². The number of aromatic nitrogens is 4. The zero-order chi connectivity index (χ0) is 21.5. The quantitative estimate of drug-likeness (QED) is 0.390. The first-order chi connectivity index (χ1) is 15.7. The summed E-state index contributed by atoms with van der Waals surface area (Å²) < 4.78 is 0. The Morgan fingerprint density at radius 1 is 0.812 bits per heavy atom. The second-order valence-electron chi connectivity index (χ2n) is 9.17. The van der Waals surface area contributed by atoms with Gasteiger partial charge < -0.3 is 5.32 Å². The third-order valence-corrected chi connectivity index (χ3v) is 7.05. The van der Waals surface area contributed by atoms with E-state index in [1.807, 2.05) is 18.3 Å². The highest BCUT2D eigenvalue weighted by atomic mass is 15.1. The maximum atomic E-state index is 4.95. The summed E-state index contributed by atoms with van der Waals surface area (Å²) >= 11 is 0. The van der Waals surface area contributed by atoms with Crippen LogP contribution in [-0.2, 0) is 0 Å². The molecule has 160 valence electrons. The summed E-state index contributed by atoms with van der Waals surface area (Å²) in [6, 6.07) is 17.0. The highest BCUT2D eigenvalue weighted by Gasteiger charge is 2.24. The smallest absolute Gasteiger partial charge is 0.165 e. The second kappa shape index (κ2) is 7.97. The molecule has 4 aromatic rings. The largest absolute Gasteiger partial charge is 0.340 e. The van der Waals surface area contributed by atoms with E-state index in [4.69, 9.17) is 15.0 Å². The molecule has 6 rings (SSSR count). The van der Waals surface area contributed by atoms with Crippen molar-refractivity contribution in [3.05, 3.63) is 71.7 Å². The van der Waals surface area contributed by atoms with Crippen molar-refractivity contribution in [2.45, 2.75) is 57.3 Å². The van der Waals surface area contributed by atoms with Crippen molar-refractivity contribution in [2.75, 3.05) is 5.32 Å². The number of hydrogen-bond acceptors (Lipinski definition) is 5. The van der Waals surface area contributed by atoms with E-state index in [9.17, 15) is 0 Å². The number of pyridine rings is 2. The molecule has 0 atom stereocenters. The fourth-order valence-electron chi connectivity index (χ4n) is 4.57. The number of fused-ring (bicyclic) bond motifs is 1. The van der Waals surface area contributed by atoms with E-state index in [1.165, 1.54) is 31.2 Å². The van der Waals surface area contributed by atoms with E-state index in [0.29, 0.717) is 5.92 Å². The lowest BCUT2D eigenvalue weighted by molar-refractivity contribution is 0.402. The Bertz CT molecular complexity index is 1270. The van der Waals surface area contributed by atoms with Crippen molar-refractivity contribution < 1.29 is 0 Å². The van der Waals surface area contributed by atoms with Crippen LogP contribution in [0.4, 0.5) is 11.5 Å².